The summed E-state index contributed by atoms with van der Waals surface area (Å²) in [5.41, 5.74) is -0.395. The maximum absolute atomic E-state index is 11.2. The van der Waals surface area contributed by atoms with Crippen LogP contribution in [-0.2, 0) is 0 Å². The Morgan fingerprint density at radius 3 is 3.13 bits per heavy atom. The minimum Gasteiger partial charge on any atom is -0.362 e. The zero-order chi connectivity index (χ0) is 10.9. The molecule has 3 N–H and O–H groups in total. The number of nitrogens with one attached hydrogen (secondary N) is 3. The van der Waals surface area contributed by atoms with Crippen LogP contribution in [0.4, 0.5) is 5.82 Å². The van der Waals surface area contributed by atoms with Crippen LogP contribution in [0.1, 0.15) is 13.3 Å². The molecule has 0 aromatic carbocycles. The van der Waals surface area contributed by atoms with E-state index >= 15 is 0 Å². The van der Waals surface area contributed by atoms with E-state index in [1.807, 2.05) is 0 Å². The van der Waals surface area contributed by atoms with Crippen LogP contribution in [0.15, 0.2) is 11.1 Å². The van der Waals surface area contributed by atoms with Crippen molar-refractivity contribution in [2.24, 2.45) is 0 Å². The summed E-state index contributed by atoms with van der Waals surface area (Å²) in [4.78, 5) is 17.7. The van der Waals surface area contributed by atoms with Crippen molar-refractivity contribution in [3.05, 3.63) is 21.7 Å². The molecule has 0 bridgehead atoms. The molecule has 2 heterocycles. The first kappa shape index (κ1) is 10.4. The van der Waals surface area contributed by atoms with E-state index in [-0.39, 0.29) is 16.1 Å². The van der Waals surface area contributed by atoms with Crippen molar-refractivity contribution in [1.29, 1.82) is 0 Å². The number of hydrogen-bond donors (Lipinski definition) is 3. The summed E-state index contributed by atoms with van der Waals surface area (Å²) in [5.74, 6) is 0.451. The Bertz CT molecular complexity index is 411. The molecule has 1 fully saturated rings. The lowest BCUT2D eigenvalue weighted by atomic mass is 10.0. The number of H-pyrrole nitrogens is 1. The topological polar surface area (TPSA) is 69.8 Å². The van der Waals surface area contributed by atoms with Crippen LogP contribution in [-0.4, -0.2) is 28.6 Å². The van der Waals surface area contributed by atoms with Gasteiger partial charge in [-0.3, -0.25) is 4.79 Å². The summed E-state index contributed by atoms with van der Waals surface area (Å²) >= 11 is 5.84. The van der Waals surface area contributed by atoms with Crippen LogP contribution in [0.25, 0.3) is 0 Å². The van der Waals surface area contributed by atoms with Crippen molar-refractivity contribution in [1.82, 2.24) is 15.3 Å². The summed E-state index contributed by atoms with van der Waals surface area (Å²) in [6.45, 7) is 3.88. The second kappa shape index (κ2) is 3.83. The van der Waals surface area contributed by atoms with Gasteiger partial charge in [-0.05, 0) is 19.9 Å². The van der Waals surface area contributed by atoms with Crippen molar-refractivity contribution in [2.45, 2.75) is 18.9 Å². The second-order valence-corrected chi connectivity index (χ2v) is 4.38. The van der Waals surface area contributed by atoms with Crippen molar-refractivity contribution >= 4 is 17.4 Å². The van der Waals surface area contributed by atoms with Gasteiger partial charge in [0.25, 0.3) is 5.56 Å². The van der Waals surface area contributed by atoms with Gasteiger partial charge in [0.2, 0.25) is 0 Å². The van der Waals surface area contributed by atoms with Gasteiger partial charge in [-0.15, -0.1) is 0 Å². The molecule has 6 heteroatoms. The molecule has 0 aliphatic carbocycles. The molecular weight excluding hydrogens is 216 g/mol. The van der Waals surface area contributed by atoms with E-state index in [0.29, 0.717) is 5.82 Å². The Kier molecular flexibility index (Phi) is 2.67. The predicted molar refractivity (Wildman–Crippen MR) is 59.4 cm³/mol. The van der Waals surface area contributed by atoms with Crippen molar-refractivity contribution in [2.75, 3.05) is 18.4 Å². The number of hydrogen-bond acceptors (Lipinski definition) is 4. The van der Waals surface area contributed by atoms with Gasteiger partial charge in [-0.1, -0.05) is 11.6 Å². The minimum atomic E-state index is -0.316. The van der Waals surface area contributed by atoms with Gasteiger partial charge in [-0.2, -0.15) is 0 Å². The molecule has 1 atom stereocenters. The number of nitrogens with zero attached hydrogens (tertiary/aromatic N) is 1. The Balaban J connectivity index is 2.24. The lowest BCUT2D eigenvalue weighted by Gasteiger charge is -2.25. The predicted octanol–water partition coefficient (Wildman–Crippen LogP) is 0.587. The maximum Gasteiger partial charge on any atom is 0.271 e. The summed E-state index contributed by atoms with van der Waals surface area (Å²) in [6, 6.07) is 0. The van der Waals surface area contributed by atoms with Crippen molar-refractivity contribution in [3.8, 4) is 0 Å². The summed E-state index contributed by atoms with van der Waals surface area (Å²) in [6.07, 6.45) is 2.33. The number of rotatable bonds is 2. The Labute approximate surface area is 92.3 Å². The first-order valence-electron chi connectivity index (χ1n) is 4.83. The number of aromatic nitrogens is 2. The molecule has 1 saturated heterocycles. The maximum atomic E-state index is 11.2. The van der Waals surface area contributed by atoms with E-state index < -0.39 is 0 Å². The smallest absolute Gasteiger partial charge is 0.271 e. The normalized spacial score (nSPS) is 25.5. The molecule has 1 aromatic rings. The van der Waals surface area contributed by atoms with Gasteiger partial charge in [0, 0.05) is 12.1 Å². The minimum absolute atomic E-state index is 0.0789. The monoisotopic (exact) mass is 228 g/mol. The van der Waals surface area contributed by atoms with E-state index in [2.05, 4.69) is 27.5 Å². The highest BCUT2D eigenvalue weighted by Crippen LogP contribution is 2.22. The van der Waals surface area contributed by atoms with E-state index in [4.69, 9.17) is 11.6 Å². The van der Waals surface area contributed by atoms with Crippen LogP contribution in [0, 0.1) is 0 Å². The SMILES string of the molecule is CC1(Nc2nc[nH]c(=O)c2Cl)CCNC1. The highest BCUT2D eigenvalue weighted by atomic mass is 35.5. The van der Waals surface area contributed by atoms with E-state index in [1.165, 1.54) is 6.33 Å². The highest BCUT2D eigenvalue weighted by Gasteiger charge is 2.29. The first-order chi connectivity index (χ1) is 7.11. The van der Waals surface area contributed by atoms with Crippen LogP contribution in [0.5, 0.6) is 0 Å². The molecule has 1 aliphatic heterocycles. The molecule has 5 nitrogen and oxygen atoms in total. The molecule has 82 valence electrons. The van der Waals surface area contributed by atoms with Crippen LogP contribution >= 0.6 is 11.6 Å². The Hall–Kier alpha value is -1.07. The van der Waals surface area contributed by atoms with E-state index in [0.717, 1.165) is 19.5 Å². The number of halogens is 1. The molecule has 1 aliphatic rings. The van der Waals surface area contributed by atoms with Crippen LogP contribution in [0.3, 0.4) is 0 Å². The van der Waals surface area contributed by atoms with Gasteiger partial charge in [0.15, 0.2) is 5.82 Å². The van der Waals surface area contributed by atoms with E-state index in [1.54, 1.807) is 0 Å². The fourth-order valence-corrected chi connectivity index (χ4v) is 1.83. The third-order valence-electron chi connectivity index (χ3n) is 2.59. The zero-order valence-electron chi connectivity index (χ0n) is 8.43. The molecule has 1 aromatic heterocycles. The molecule has 1 unspecified atom stereocenters. The molecule has 15 heavy (non-hydrogen) atoms. The molecule has 0 amide bonds. The summed E-state index contributed by atoms with van der Waals surface area (Å²) < 4.78 is 0. The number of anilines is 1. The largest absolute Gasteiger partial charge is 0.362 e. The quantitative estimate of drug-likeness (QED) is 0.693. The molecule has 2 rings (SSSR count). The lowest BCUT2D eigenvalue weighted by Crippen LogP contribution is -2.37. The lowest BCUT2D eigenvalue weighted by molar-refractivity contribution is 0.564. The van der Waals surface area contributed by atoms with Crippen LogP contribution in [0.2, 0.25) is 5.02 Å². The van der Waals surface area contributed by atoms with E-state index in [9.17, 15) is 4.79 Å². The number of aromatic amines is 1. The fourth-order valence-electron chi connectivity index (χ4n) is 1.68. The summed E-state index contributed by atoms with van der Waals surface area (Å²) in [5, 5.41) is 6.56. The van der Waals surface area contributed by atoms with Gasteiger partial charge >= 0.3 is 0 Å². The first-order valence-corrected chi connectivity index (χ1v) is 5.21. The van der Waals surface area contributed by atoms with Crippen molar-refractivity contribution < 1.29 is 0 Å². The van der Waals surface area contributed by atoms with Crippen LogP contribution < -0.4 is 16.2 Å². The van der Waals surface area contributed by atoms with Crippen molar-refractivity contribution in [3.63, 3.8) is 0 Å². The Morgan fingerprint density at radius 2 is 2.47 bits per heavy atom. The van der Waals surface area contributed by atoms with Gasteiger partial charge < -0.3 is 15.6 Å². The summed E-state index contributed by atoms with van der Waals surface area (Å²) in [7, 11) is 0. The molecule has 0 spiro atoms. The third-order valence-corrected chi connectivity index (χ3v) is 2.94. The van der Waals surface area contributed by atoms with Gasteiger partial charge in [0.1, 0.15) is 5.02 Å². The molecule has 0 radical (unpaired) electrons. The highest BCUT2D eigenvalue weighted by molar-refractivity contribution is 6.32. The third kappa shape index (κ3) is 2.13. The van der Waals surface area contributed by atoms with Gasteiger partial charge in [0.05, 0.1) is 6.33 Å². The zero-order valence-corrected chi connectivity index (χ0v) is 9.19. The standard InChI is InChI=1S/C9H13ClN4O/c1-9(2-3-11-4-9)14-7-6(10)8(15)13-5-12-7/h5,11H,2-4H2,1H3,(H2,12,13,14,15). The Morgan fingerprint density at radius 1 is 1.67 bits per heavy atom. The average molecular weight is 229 g/mol. The second-order valence-electron chi connectivity index (χ2n) is 4.01. The van der Waals surface area contributed by atoms with Gasteiger partial charge in [-0.25, -0.2) is 4.98 Å². The fraction of sp³-hybridized carbons (Fsp3) is 0.556. The molecule has 0 saturated carbocycles. The average Bonchev–Trinajstić information content (AvgIpc) is 2.60. The molecular formula is C9H13ClN4O.